The van der Waals surface area contributed by atoms with E-state index in [4.69, 9.17) is 0 Å². The van der Waals surface area contributed by atoms with Crippen LogP contribution in [0.4, 0.5) is 0 Å². The predicted octanol–water partition coefficient (Wildman–Crippen LogP) is 2.81. The smallest absolute Gasteiger partial charge is 0.0478 e. The molecule has 0 aliphatic heterocycles. The average Bonchev–Trinajstić information content (AvgIpc) is 2.61. The van der Waals surface area contributed by atoms with E-state index in [1.54, 1.807) is 0 Å². The number of rotatable bonds is 4. The summed E-state index contributed by atoms with van der Waals surface area (Å²) in [6.45, 7) is 6.03. The zero-order valence-corrected chi connectivity index (χ0v) is 12.1. The van der Waals surface area contributed by atoms with Crippen molar-refractivity contribution in [1.29, 1.82) is 0 Å². The number of carbonyl (C=O) groups is 1. The molecular weight excluding hydrogens is 236 g/mol. The van der Waals surface area contributed by atoms with E-state index in [-0.39, 0.29) is 5.41 Å². The fourth-order valence-corrected chi connectivity index (χ4v) is 3.45. The maximum absolute atomic E-state index is 11.4. The lowest BCUT2D eigenvalue weighted by atomic mass is 9.65. The average molecular weight is 259 g/mol. The molecule has 2 nitrogen and oxygen atoms in total. The van der Waals surface area contributed by atoms with Gasteiger partial charge in [-0.2, -0.15) is 0 Å². The van der Waals surface area contributed by atoms with E-state index in [0.717, 1.165) is 25.7 Å². The number of carbonyl (C=O) groups excluding carboxylic acids is 1. The standard InChI is InChI=1S/C17H24O2/c1-16(2)14(11-12-17(16,3)15(18)19)10-9-13-7-5-4-6-8-13/h4-8,14H,9-12H2,1-3H3,(H,18,19)/p-1/t14-,17-/m1/s1. The molecule has 1 aliphatic carbocycles. The summed E-state index contributed by atoms with van der Waals surface area (Å²) in [7, 11) is 0. The second-order valence-electron chi connectivity index (χ2n) is 6.60. The van der Waals surface area contributed by atoms with Crippen LogP contribution in [0.15, 0.2) is 30.3 Å². The molecule has 0 aromatic heterocycles. The molecule has 2 heteroatoms. The quantitative estimate of drug-likeness (QED) is 0.834. The topological polar surface area (TPSA) is 40.1 Å². The first-order valence-corrected chi connectivity index (χ1v) is 7.13. The van der Waals surface area contributed by atoms with Gasteiger partial charge in [-0.3, -0.25) is 0 Å². The molecule has 1 aromatic carbocycles. The first-order valence-electron chi connectivity index (χ1n) is 7.13. The van der Waals surface area contributed by atoms with Crippen molar-refractivity contribution in [2.75, 3.05) is 0 Å². The van der Waals surface area contributed by atoms with Gasteiger partial charge >= 0.3 is 0 Å². The summed E-state index contributed by atoms with van der Waals surface area (Å²) in [5, 5.41) is 11.4. The van der Waals surface area contributed by atoms with Crippen LogP contribution in [0.3, 0.4) is 0 Å². The highest BCUT2D eigenvalue weighted by atomic mass is 16.4. The Morgan fingerprint density at radius 2 is 1.89 bits per heavy atom. The monoisotopic (exact) mass is 259 g/mol. The normalized spacial score (nSPS) is 29.3. The van der Waals surface area contributed by atoms with Crippen LogP contribution in [0.1, 0.15) is 45.6 Å². The van der Waals surface area contributed by atoms with E-state index < -0.39 is 11.4 Å². The molecule has 0 amide bonds. The van der Waals surface area contributed by atoms with Crippen LogP contribution in [-0.2, 0) is 11.2 Å². The molecule has 0 bridgehead atoms. The molecule has 1 fully saturated rings. The molecule has 19 heavy (non-hydrogen) atoms. The third-order valence-electron chi connectivity index (χ3n) is 5.51. The fraction of sp³-hybridized carbons (Fsp3) is 0.588. The van der Waals surface area contributed by atoms with Crippen molar-refractivity contribution in [3.8, 4) is 0 Å². The number of aliphatic carboxylic acids is 1. The summed E-state index contributed by atoms with van der Waals surface area (Å²) < 4.78 is 0. The van der Waals surface area contributed by atoms with Gasteiger partial charge in [-0.25, -0.2) is 0 Å². The van der Waals surface area contributed by atoms with E-state index in [0.29, 0.717) is 5.92 Å². The molecule has 1 aliphatic rings. The van der Waals surface area contributed by atoms with Crippen molar-refractivity contribution in [3.05, 3.63) is 35.9 Å². The Labute approximate surface area is 115 Å². The van der Waals surface area contributed by atoms with Crippen molar-refractivity contribution >= 4 is 5.97 Å². The number of benzene rings is 1. The van der Waals surface area contributed by atoms with Gasteiger partial charge in [0.15, 0.2) is 0 Å². The summed E-state index contributed by atoms with van der Waals surface area (Å²) in [4.78, 5) is 11.4. The number of carboxylic acid groups (broad SMARTS) is 1. The Hall–Kier alpha value is -1.31. The van der Waals surface area contributed by atoms with Crippen LogP contribution >= 0.6 is 0 Å². The first kappa shape index (κ1) is 14.1. The van der Waals surface area contributed by atoms with Gasteiger partial charge in [0.2, 0.25) is 0 Å². The van der Waals surface area contributed by atoms with Crippen LogP contribution < -0.4 is 5.11 Å². The summed E-state index contributed by atoms with van der Waals surface area (Å²) in [6, 6.07) is 10.4. The van der Waals surface area contributed by atoms with E-state index in [9.17, 15) is 9.90 Å². The largest absolute Gasteiger partial charge is 0.550 e. The van der Waals surface area contributed by atoms with Gasteiger partial charge < -0.3 is 9.90 Å². The lowest BCUT2D eigenvalue weighted by Crippen LogP contribution is -2.48. The highest BCUT2D eigenvalue weighted by Crippen LogP contribution is 2.56. The Balaban J connectivity index is 2.05. The maximum Gasteiger partial charge on any atom is 0.0478 e. The fourth-order valence-electron chi connectivity index (χ4n) is 3.45. The summed E-state index contributed by atoms with van der Waals surface area (Å²) >= 11 is 0. The third kappa shape index (κ3) is 2.41. The third-order valence-corrected chi connectivity index (χ3v) is 5.51. The Kier molecular flexibility index (Phi) is 3.71. The van der Waals surface area contributed by atoms with Crippen LogP contribution in [0, 0.1) is 16.7 Å². The molecule has 0 radical (unpaired) electrons. The predicted molar refractivity (Wildman–Crippen MR) is 74.4 cm³/mol. The zero-order valence-electron chi connectivity index (χ0n) is 12.1. The molecule has 0 unspecified atom stereocenters. The molecular formula is C17H23O2-. The Morgan fingerprint density at radius 1 is 1.26 bits per heavy atom. The molecule has 104 valence electrons. The second kappa shape index (κ2) is 4.99. The van der Waals surface area contributed by atoms with E-state index >= 15 is 0 Å². The van der Waals surface area contributed by atoms with Gasteiger partial charge in [0, 0.05) is 11.4 Å². The molecule has 1 saturated carbocycles. The minimum atomic E-state index is -0.889. The van der Waals surface area contributed by atoms with Gasteiger partial charge in [-0.1, -0.05) is 51.1 Å². The minimum Gasteiger partial charge on any atom is -0.550 e. The number of carboxylic acids is 1. The number of hydrogen-bond donors (Lipinski definition) is 0. The summed E-state index contributed by atoms with van der Waals surface area (Å²) in [6.07, 6.45) is 3.81. The van der Waals surface area contributed by atoms with Gasteiger partial charge in [0.05, 0.1) is 0 Å². The van der Waals surface area contributed by atoms with Gasteiger partial charge in [0.1, 0.15) is 0 Å². The zero-order chi connectivity index (χ0) is 14.1. The Morgan fingerprint density at radius 3 is 2.42 bits per heavy atom. The minimum absolute atomic E-state index is 0.194. The molecule has 0 spiro atoms. The highest BCUT2D eigenvalue weighted by Gasteiger charge is 2.51. The van der Waals surface area contributed by atoms with Crippen LogP contribution in [0.5, 0.6) is 0 Å². The van der Waals surface area contributed by atoms with Gasteiger partial charge in [-0.05, 0) is 42.6 Å². The van der Waals surface area contributed by atoms with Crippen LogP contribution in [-0.4, -0.2) is 5.97 Å². The number of hydrogen-bond acceptors (Lipinski definition) is 2. The molecule has 2 atom stereocenters. The SMILES string of the molecule is CC1(C)[C@H](CCc2ccccc2)CC[C@]1(C)C(=O)[O-]. The van der Waals surface area contributed by atoms with Crippen LogP contribution in [0.2, 0.25) is 0 Å². The lowest BCUT2D eigenvalue weighted by Gasteiger charge is -2.42. The molecule has 0 N–H and O–H groups in total. The molecule has 1 aromatic rings. The van der Waals surface area contributed by atoms with E-state index in [1.807, 2.05) is 13.0 Å². The lowest BCUT2D eigenvalue weighted by molar-refractivity contribution is -0.323. The highest BCUT2D eigenvalue weighted by molar-refractivity contribution is 5.73. The summed E-state index contributed by atoms with van der Waals surface area (Å²) in [5.74, 6) is -0.435. The summed E-state index contributed by atoms with van der Waals surface area (Å²) in [5.41, 5.74) is 0.454. The van der Waals surface area contributed by atoms with E-state index in [1.165, 1.54) is 5.56 Å². The number of aryl methyl sites for hydroxylation is 1. The van der Waals surface area contributed by atoms with Crippen molar-refractivity contribution in [2.24, 2.45) is 16.7 Å². The first-order chi connectivity index (χ1) is 8.88. The molecule has 2 rings (SSSR count). The maximum atomic E-state index is 11.4. The van der Waals surface area contributed by atoms with Crippen molar-refractivity contribution < 1.29 is 9.90 Å². The van der Waals surface area contributed by atoms with Crippen molar-refractivity contribution in [1.82, 2.24) is 0 Å². The van der Waals surface area contributed by atoms with Gasteiger partial charge in [0.25, 0.3) is 0 Å². The van der Waals surface area contributed by atoms with Crippen molar-refractivity contribution in [2.45, 2.75) is 46.5 Å². The second-order valence-corrected chi connectivity index (χ2v) is 6.60. The molecule has 0 heterocycles. The van der Waals surface area contributed by atoms with Crippen molar-refractivity contribution in [3.63, 3.8) is 0 Å². The van der Waals surface area contributed by atoms with E-state index in [2.05, 4.69) is 38.1 Å². The Bertz CT molecular complexity index is 450. The van der Waals surface area contributed by atoms with Gasteiger partial charge in [-0.15, -0.1) is 0 Å². The van der Waals surface area contributed by atoms with Crippen LogP contribution in [0.25, 0.3) is 0 Å². The molecule has 0 saturated heterocycles.